The maximum atomic E-state index is 11.5. The van der Waals surface area contributed by atoms with Crippen LogP contribution in [0.25, 0.3) is 11.1 Å². The van der Waals surface area contributed by atoms with Gasteiger partial charge in [0.15, 0.2) is 5.78 Å². The minimum Gasteiger partial charge on any atom is -0.294 e. The zero-order valence-electron chi connectivity index (χ0n) is 9.79. The highest BCUT2D eigenvalue weighted by Crippen LogP contribution is 2.27. The highest BCUT2D eigenvalue weighted by Gasteiger charge is 2.11. The molecule has 0 aliphatic carbocycles. The van der Waals surface area contributed by atoms with Crippen LogP contribution in [-0.2, 0) is 0 Å². The lowest BCUT2D eigenvalue weighted by molar-refractivity contribution is -0.384. The Kier molecular flexibility index (Phi) is 3.19. The number of nitrogens with zero attached hydrogens (tertiary/aromatic N) is 1. The van der Waals surface area contributed by atoms with E-state index in [4.69, 9.17) is 0 Å². The van der Waals surface area contributed by atoms with Crippen molar-refractivity contribution in [3.05, 3.63) is 64.2 Å². The van der Waals surface area contributed by atoms with Crippen LogP contribution in [0.2, 0.25) is 0 Å². The van der Waals surface area contributed by atoms with Gasteiger partial charge in [-0.1, -0.05) is 36.4 Å². The highest BCUT2D eigenvalue weighted by molar-refractivity contribution is 6.00. The van der Waals surface area contributed by atoms with Crippen LogP contribution in [0.15, 0.2) is 48.5 Å². The van der Waals surface area contributed by atoms with E-state index < -0.39 is 4.92 Å². The molecule has 2 aromatic rings. The van der Waals surface area contributed by atoms with E-state index in [-0.39, 0.29) is 11.5 Å². The molecule has 0 fully saturated rings. The Bertz CT molecular complexity index is 620. The predicted octanol–water partition coefficient (Wildman–Crippen LogP) is 3.46. The van der Waals surface area contributed by atoms with E-state index in [1.54, 1.807) is 36.4 Å². The van der Waals surface area contributed by atoms with Crippen molar-refractivity contribution in [1.82, 2.24) is 0 Å². The molecule has 4 nitrogen and oxygen atoms in total. The number of hydrogen-bond donors (Lipinski definition) is 0. The van der Waals surface area contributed by atoms with E-state index in [1.807, 2.05) is 0 Å². The van der Waals surface area contributed by atoms with Gasteiger partial charge in [-0.25, -0.2) is 0 Å². The first-order valence-corrected chi connectivity index (χ1v) is 5.44. The molecule has 0 aliphatic rings. The Morgan fingerprint density at radius 3 is 2.50 bits per heavy atom. The fraction of sp³-hybridized carbons (Fsp3) is 0.0714. The van der Waals surface area contributed by atoms with Crippen molar-refractivity contribution in [2.24, 2.45) is 0 Å². The second kappa shape index (κ2) is 4.79. The third-order valence-electron chi connectivity index (χ3n) is 2.67. The number of Topliss-reactive ketones (excluding diaryl/α,β-unsaturated/α-hetero) is 1. The molecule has 0 saturated carbocycles. The summed E-state index contributed by atoms with van der Waals surface area (Å²) >= 11 is 0. The summed E-state index contributed by atoms with van der Waals surface area (Å²) in [6.45, 7) is 1.48. The molecule has 0 aromatic heterocycles. The summed E-state index contributed by atoms with van der Waals surface area (Å²) < 4.78 is 0. The van der Waals surface area contributed by atoms with Gasteiger partial charge in [0.1, 0.15) is 0 Å². The van der Waals surface area contributed by atoms with Gasteiger partial charge in [-0.3, -0.25) is 14.9 Å². The Morgan fingerprint density at radius 1 is 1.11 bits per heavy atom. The first-order chi connectivity index (χ1) is 8.59. The molecule has 0 radical (unpaired) electrons. The number of nitro groups is 1. The van der Waals surface area contributed by atoms with Gasteiger partial charge in [-0.05, 0) is 18.1 Å². The van der Waals surface area contributed by atoms with Gasteiger partial charge >= 0.3 is 0 Å². The number of hydrogen-bond acceptors (Lipinski definition) is 3. The molecule has 0 spiro atoms. The zero-order valence-corrected chi connectivity index (χ0v) is 9.79. The van der Waals surface area contributed by atoms with E-state index in [0.717, 1.165) is 0 Å². The number of nitro benzene ring substituents is 1. The van der Waals surface area contributed by atoms with Crippen LogP contribution in [0.4, 0.5) is 5.69 Å². The summed E-state index contributed by atoms with van der Waals surface area (Å²) in [5, 5.41) is 10.7. The molecule has 4 heteroatoms. The molecule has 0 amide bonds. The minimum absolute atomic E-state index is 0.0193. The second-order valence-corrected chi connectivity index (χ2v) is 3.91. The fourth-order valence-electron chi connectivity index (χ4n) is 1.83. The average Bonchev–Trinajstić information content (AvgIpc) is 2.39. The Morgan fingerprint density at radius 2 is 1.83 bits per heavy atom. The summed E-state index contributed by atoms with van der Waals surface area (Å²) in [6.07, 6.45) is 0. The normalized spacial score (nSPS) is 10.1. The topological polar surface area (TPSA) is 60.2 Å². The third-order valence-corrected chi connectivity index (χ3v) is 2.67. The third kappa shape index (κ3) is 2.27. The van der Waals surface area contributed by atoms with Gasteiger partial charge in [0.2, 0.25) is 0 Å². The molecule has 0 saturated heterocycles. The van der Waals surface area contributed by atoms with Gasteiger partial charge < -0.3 is 0 Å². The van der Waals surface area contributed by atoms with Crippen LogP contribution in [0.3, 0.4) is 0 Å². The average molecular weight is 241 g/mol. The Labute approximate surface area is 104 Å². The van der Waals surface area contributed by atoms with Crippen molar-refractivity contribution < 1.29 is 9.72 Å². The van der Waals surface area contributed by atoms with Gasteiger partial charge in [0.25, 0.3) is 5.69 Å². The molecule has 0 unspecified atom stereocenters. The van der Waals surface area contributed by atoms with Crippen LogP contribution in [-0.4, -0.2) is 10.7 Å². The van der Waals surface area contributed by atoms with Gasteiger partial charge in [-0.15, -0.1) is 0 Å². The number of rotatable bonds is 3. The van der Waals surface area contributed by atoms with Crippen LogP contribution >= 0.6 is 0 Å². The minimum atomic E-state index is -0.445. The molecule has 0 heterocycles. The van der Waals surface area contributed by atoms with Gasteiger partial charge in [-0.2, -0.15) is 0 Å². The maximum absolute atomic E-state index is 11.5. The van der Waals surface area contributed by atoms with E-state index in [9.17, 15) is 14.9 Å². The van der Waals surface area contributed by atoms with Crippen molar-refractivity contribution in [2.45, 2.75) is 6.92 Å². The quantitative estimate of drug-likeness (QED) is 0.469. The van der Waals surface area contributed by atoms with Crippen LogP contribution < -0.4 is 0 Å². The van der Waals surface area contributed by atoms with Crippen molar-refractivity contribution in [1.29, 1.82) is 0 Å². The molecule has 2 aromatic carbocycles. The Balaban J connectivity index is 2.58. The maximum Gasteiger partial charge on any atom is 0.270 e. The van der Waals surface area contributed by atoms with Crippen LogP contribution in [0, 0.1) is 10.1 Å². The zero-order chi connectivity index (χ0) is 13.1. The van der Waals surface area contributed by atoms with Crippen LogP contribution in [0.1, 0.15) is 17.3 Å². The second-order valence-electron chi connectivity index (χ2n) is 3.91. The first kappa shape index (κ1) is 12.0. The number of ketones is 1. The summed E-state index contributed by atoms with van der Waals surface area (Å²) in [5.41, 5.74) is 1.98. The molecule has 0 bridgehead atoms. The van der Waals surface area contributed by atoms with Crippen molar-refractivity contribution in [2.75, 3.05) is 0 Å². The predicted molar refractivity (Wildman–Crippen MR) is 68.5 cm³/mol. The summed E-state index contributed by atoms with van der Waals surface area (Å²) in [4.78, 5) is 21.8. The highest BCUT2D eigenvalue weighted by atomic mass is 16.6. The lowest BCUT2D eigenvalue weighted by Crippen LogP contribution is -1.96. The molecule has 90 valence electrons. The smallest absolute Gasteiger partial charge is 0.270 e. The number of carbonyl (C=O) groups excluding carboxylic acids is 1. The van der Waals surface area contributed by atoms with Gasteiger partial charge in [0.05, 0.1) is 4.92 Å². The summed E-state index contributed by atoms with van der Waals surface area (Å²) in [5.74, 6) is -0.0582. The summed E-state index contributed by atoms with van der Waals surface area (Å²) in [7, 11) is 0. The van der Waals surface area contributed by atoms with Crippen molar-refractivity contribution in [3.63, 3.8) is 0 Å². The van der Waals surface area contributed by atoms with E-state index in [2.05, 4.69) is 0 Å². The number of non-ortho nitro benzene ring substituents is 1. The molecular weight excluding hydrogens is 230 g/mol. The lowest BCUT2D eigenvalue weighted by atomic mass is 9.97. The van der Waals surface area contributed by atoms with Crippen LogP contribution in [0.5, 0.6) is 0 Å². The molecule has 0 atom stereocenters. The van der Waals surface area contributed by atoms with Crippen molar-refractivity contribution >= 4 is 11.5 Å². The fourth-order valence-corrected chi connectivity index (χ4v) is 1.83. The Hall–Kier alpha value is -2.49. The van der Waals surface area contributed by atoms with Gasteiger partial charge in [0, 0.05) is 17.7 Å². The number of benzene rings is 2. The molecule has 0 aliphatic heterocycles. The van der Waals surface area contributed by atoms with Crippen molar-refractivity contribution in [3.8, 4) is 11.1 Å². The molecule has 18 heavy (non-hydrogen) atoms. The molecular formula is C14H11NO3. The first-order valence-electron chi connectivity index (χ1n) is 5.44. The summed E-state index contributed by atoms with van der Waals surface area (Å²) in [6, 6.07) is 13.4. The largest absolute Gasteiger partial charge is 0.294 e. The monoisotopic (exact) mass is 241 g/mol. The SMILES string of the molecule is CC(=O)c1ccccc1-c1cccc([N+](=O)[O-])c1. The molecule has 2 rings (SSSR count). The van der Waals surface area contributed by atoms with E-state index in [1.165, 1.54) is 19.1 Å². The molecule has 0 N–H and O–H groups in total. The number of carbonyl (C=O) groups is 1. The van der Waals surface area contributed by atoms with E-state index >= 15 is 0 Å². The van der Waals surface area contributed by atoms with E-state index in [0.29, 0.717) is 16.7 Å². The lowest BCUT2D eigenvalue weighted by Gasteiger charge is -2.06. The standard InChI is InChI=1S/C14H11NO3/c1-10(16)13-7-2-3-8-14(13)11-5-4-6-12(9-11)15(17)18/h2-9H,1H3.